The summed E-state index contributed by atoms with van der Waals surface area (Å²) < 4.78 is 28.3. The van der Waals surface area contributed by atoms with Crippen molar-refractivity contribution in [3.8, 4) is 0 Å². The van der Waals surface area contributed by atoms with Gasteiger partial charge in [0.25, 0.3) is 0 Å². The molecule has 1 unspecified atom stereocenters. The number of halogens is 2. The summed E-state index contributed by atoms with van der Waals surface area (Å²) in [5, 5.41) is 3.79. The molecule has 1 saturated heterocycles. The second kappa shape index (κ2) is 8.19. The first-order chi connectivity index (χ1) is 14.7. The second-order valence-corrected chi connectivity index (χ2v) is 13.0. The summed E-state index contributed by atoms with van der Waals surface area (Å²) in [6, 6.07) is 4.18. The third-order valence-corrected chi connectivity index (χ3v) is 10.4. The molecule has 1 N–H and O–H groups in total. The van der Waals surface area contributed by atoms with Crippen LogP contribution in [0.1, 0.15) is 57.8 Å². The molecule has 6 rings (SSSR count). The predicted octanol–water partition coefficient (Wildman–Crippen LogP) is 4.87. The van der Waals surface area contributed by atoms with Crippen LogP contribution >= 0.6 is 23.2 Å². The lowest BCUT2D eigenvalue weighted by Gasteiger charge is -2.55. The van der Waals surface area contributed by atoms with Crippen LogP contribution in [0, 0.1) is 23.2 Å². The number of nitrogens with one attached hydrogen (secondary N) is 1. The minimum atomic E-state index is -3.74. The maximum Gasteiger partial charge on any atom is 0.243 e. The van der Waals surface area contributed by atoms with E-state index in [2.05, 4.69) is 5.32 Å². The number of rotatable bonds is 5. The Labute approximate surface area is 194 Å². The van der Waals surface area contributed by atoms with E-state index in [0.29, 0.717) is 40.9 Å². The Morgan fingerprint density at radius 2 is 1.58 bits per heavy atom. The van der Waals surface area contributed by atoms with Gasteiger partial charge in [-0.3, -0.25) is 4.79 Å². The molecule has 1 amide bonds. The lowest BCUT2D eigenvalue weighted by atomic mass is 9.49. The Morgan fingerprint density at radius 1 is 1.00 bits per heavy atom. The lowest BCUT2D eigenvalue weighted by molar-refractivity contribution is -0.146. The summed E-state index contributed by atoms with van der Waals surface area (Å²) in [5.74, 6) is 2.27. The van der Waals surface area contributed by atoms with Crippen molar-refractivity contribution in [2.24, 2.45) is 23.2 Å². The van der Waals surface area contributed by atoms with Gasteiger partial charge in [-0.05, 0) is 87.3 Å². The Bertz CT molecular complexity index is 925. The number of hydrogen-bond acceptors (Lipinski definition) is 3. The van der Waals surface area contributed by atoms with Gasteiger partial charge in [0.1, 0.15) is 0 Å². The highest BCUT2D eigenvalue weighted by atomic mass is 35.5. The molecule has 1 aliphatic heterocycles. The van der Waals surface area contributed by atoms with Crippen molar-refractivity contribution in [3.63, 3.8) is 0 Å². The number of hydrogen-bond donors (Lipinski definition) is 1. The number of sulfonamides is 1. The van der Waals surface area contributed by atoms with Crippen LogP contribution in [0.2, 0.25) is 10.0 Å². The Kier molecular flexibility index (Phi) is 5.81. The molecule has 4 bridgehead atoms. The van der Waals surface area contributed by atoms with Crippen molar-refractivity contribution >= 4 is 39.1 Å². The highest BCUT2D eigenvalue weighted by Crippen LogP contribution is 2.60. The van der Waals surface area contributed by atoms with E-state index in [1.165, 1.54) is 37.5 Å². The van der Waals surface area contributed by atoms with Crippen LogP contribution in [0.4, 0.5) is 0 Å². The zero-order valence-corrected chi connectivity index (χ0v) is 20.0. The number of nitrogens with zero attached hydrogens (tertiary/aromatic N) is 1. The van der Waals surface area contributed by atoms with Crippen molar-refractivity contribution in [2.45, 2.75) is 68.7 Å². The average molecular weight is 485 g/mol. The fourth-order valence-corrected chi connectivity index (χ4v) is 9.51. The monoisotopic (exact) mass is 484 g/mol. The number of benzene rings is 1. The number of carbonyl (C=O) groups is 1. The first-order valence-corrected chi connectivity index (χ1v) is 13.7. The summed E-state index contributed by atoms with van der Waals surface area (Å²) in [6.45, 7) is 0.818. The minimum absolute atomic E-state index is 0.115. The van der Waals surface area contributed by atoms with Crippen LogP contribution in [0.3, 0.4) is 0 Å². The Balaban J connectivity index is 1.31. The molecular weight excluding hydrogens is 455 g/mol. The molecule has 4 saturated carbocycles. The van der Waals surface area contributed by atoms with Gasteiger partial charge >= 0.3 is 0 Å². The van der Waals surface area contributed by atoms with Crippen molar-refractivity contribution in [3.05, 3.63) is 28.2 Å². The zero-order valence-electron chi connectivity index (χ0n) is 17.7. The van der Waals surface area contributed by atoms with Gasteiger partial charge in [0.15, 0.2) is 0 Å². The highest BCUT2D eigenvalue weighted by Gasteiger charge is 2.54. The molecule has 1 aromatic carbocycles. The van der Waals surface area contributed by atoms with Crippen LogP contribution in [-0.2, 0) is 14.8 Å². The number of piperidine rings is 1. The molecule has 0 radical (unpaired) electrons. The van der Waals surface area contributed by atoms with Gasteiger partial charge in [0.2, 0.25) is 15.9 Å². The van der Waals surface area contributed by atoms with Crippen LogP contribution in [0.25, 0.3) is 0 Å². The highest BCUT2D eigenvalue weighted by molar-refractivity contribution is 7.89. The summed E-state index contributed by atoms with van der Waals surface area (Å²) in [6.07, 6.45) is 9.44. The lowest BCUT2D eigenvalue weighted by Crippen LogP contribution is -2.56. The summed E-state index contributed by atoms with van der Waals surface area (Å²) in [5.41, 5.74) is -0.215. The molecule has 0 aromatic heterocycles. The molecule has 1 aromatic rings. The smallest absolute Gasteiger partial charge is 0.243 e. The summed E-state index contributed by atoms with van der Waals surface area (Å²) >= 11 is 12.1. The molecule has 31 heavy (non-hydrogen) atoms. The zero-order chi connectivity index (χ0) is 21.8. The molecule has 4 aliphatic carbocycles. The molecule has 5 nitrogen and oxygen atoms in total. The van der Waals surface area contributed by atoms with Gasteiger partial charge < -0.3 is 5.32 Å². The van der Waals surface area contributed by atoms with Gasteiger partial charge in [-0.1, -0.05) is 29.6 Å². The molecule has 8 heteroatoms. The first-order valence-electron chi connectivity index (χ1n) is 11.5. The van der Waals surface area contributed by atoms with Crippen molar-refractivity contribution < 1.29 is 13.2 Å². The molecular formula is C23H30Cl2N2O3S. The Morgan fingerprint density at radius 3 is 2.16 bits per heavy atom. The number of amides is 1. The quantitative estimate of drug-likeness (QED) is 0.647. The van der Waals surface area contributed by atoms with Crippen molar-refractivity contribution in [1.29, 1.82) is 0 Å². The molecule has 0 spiro atoms. The SMILES string of the molecule is O=C(NCC1CCCCN1S(=O)(=O)c1cc(Cl)cc(Cl)c1)C12CC3CC(CC(C3)C1)C2. The normalized spacial score (nSPS) is 35.3. The topological polar surface area (TPSA) is 66.5 Å². The second-order valence-electron chi connectivity index (χ2n) is 10.3. The minimum Gasteiger partial charge on any atom is -0.354 e. The van der Waals surface area contributed by atoms with Gasteiger partial charge in [-0.25, -0.2) is 8.42 Å². The average Bonchev–Trinajstić information content (AvgIpc) is 2.70. The summed E-state index contributed by atoms with van der Waals surface area (Å²) in [4.78, 5) is 13.5. The third-order valence-electron chi connectivity index (χ3n) is 8.03. The van der Waals surface area contributed by atoms with E-state index in [0.717, 1.165) is 38.5 Å². The molecule has 1 atom stereocenters. The first kappa shape index (κ1) is 22.0. The van der Waals surface area contributed by atoms with E-state index in [4.69, 9.17) is 23.2 Å². The van der Waals surface area contributed by atoms with Gasteiger partial charge in [0, 0.05) is 34.6 Å². The van der Waals surface area contributed by atoms with E-state index in [9.17, 15) is 13.2 Å². The Hall–Kier alpha value is -0.820. The molecule has 5 fully saturated rings. The van der Waals surface area contributed by atoms with E-state index >= 15 is 0 Å². The van der Waals surface area contributed by atoms with E-state index in [1.54, 1.807) is 4.31 Å². The van der Waals surface area contributed by atoms with Gasteiger partial charge in [0.05, 0.1) is 4.90 Å². The summed E-state index contributed by atoms with van der Waals surface area (Å²) in [7, 11) is -3.74. The number of carbonyl (C=O) groups excluding carboxylic acids is 1. The van der Waals surface area contributed by atoms with Crippen LogP contribution in [0.5, 0.6) is 0 Å². The fraction of sp³-hybridized carbons (Fsp3) is 0.696. The van der Waals surface area contributed by atoms with Crippen LogP contribution in [0.15, 0.2) is 23.1 Å². The maximum atomic E-state index is 13.4. The van der Waals surface area contributed by atoms with Crippen LogP contribution < -0.4 is 5.32 Å². The van der Waals surface area contributed by atoms with Crippen molar-refractivity contribution in [1.82, 2.24) is 9.62 Å². The molecule has 1 heterocycles. The van der Waals surface area contributed by atoms with E-state index in [-0.39, 0.29) is 22.3 Å². The largest absolute Gasteiger partial charge is 0.354 e. The van der Waals surface area contributed by atoms with Gasteiger partial charge in [-0.2, -0.15) is 4.31 Å². The van der Waals surface area contributed by atoms with E-state index in [1.807, 2.05) is 0 Å². The van der Waals surface area contributed by atoms with Gasteiger partial charge in [-0.15, -0.1) is 0 Å². The molecule has 5 aliphatic rings. The van der Waals surface area contributed by atoms with Crippen LogP contribution in [-0.4, -0.2) is 37.8 Å². The third kappa shape index (κ3) is 4.14. The molecule has 170 valence electrons. The standard InChI is InChI=1S/C23H30Cl2N2O3S/c24-18-8-19(25)10-21(9-18)31(29,30)27-4-2-1-3-20(27)14-26-22(28)23-11-15-5-16(12-23)7-17(6-15)13-23/h8-10,15-17,20H,1-7,11-14H2,(H,26,28). The van der Waals surface area contributed by atoms with Crippen molar-refractivity contribution in [2.75, 3.05) is 13.1 Å². The maximum absolute atomic E-state index is 13.4. The van der Waals surface area contributed by atoms with E-state index < -0.39 is 10.0 Å². The fourth-order valence-electron chi connectivity index (χ4n) is 7.09. The predicted molar refractivity (Wildman–Crippen MR) is 122 cm³/mol.